The van der Waals surface area contributed by atoms with Crippen LogP contribution in [0.1, 0.15) is 40.4 Å². The van der Waals surface area contributed by atoms with Crippen LogP contribution in [0, 0.1) is 5.92 Å². The van der Waals surface area contributed by atoms with Crippen molar-refractivity contribution in [2.24, 2.45) is 5.92 Å². The first kappa shape index (κ1) is 27.4. The summed E-state index contributed by atoms with van der Waals surface area (Å²) in [5, 5.41) is 15.4. The van der Waals surface area contributed by atoms with Gasteiger partial charge in [0.1, 0.15) is 0 Å². The van der Waals surface area contributed by atoms with E-state index in [0.29, 0.717) is 5.69 Å². The van der Waals surface area contributed by atoms with E-state index in [9.17, 15) is 19.5 Å². The number of carboxylic acid groups (broad SMARTS) is 1. The molecular weight excluding hydrogens is 551 g/mol. The van der Waals surface area contributed by atoms with Crippen molar-refractivity contribution in [3.63, 3.8) is 0 Å². The lowest BCUT2D eigenvalue weighted by Crippen LogP contribution is -2.41. The summed E-state index contributed by atoms with van der Waals surface area (Å²) >= 11 is 12.9. The smallest absolute Gasteiger partial charge is 0.315 e. The standard InChI is InChI=1S/C30H26Cl2N4O4/c31-23-13-21(36-16-26(34-17-36)19-7-2-1-3-8-19)14-24(32)28(23)27(37)12-20(29(38)39)15-33-30(40)35-25-11-10-18-6-4-5-9-22(18)25/h1-9,13-14,16-17,20,25H,10-12,15H2,(H,38,39)(H2,33,35,40)/t20-,25+/m0/s1. The molecule has 40 heavy (non-hydrogen) atoms. The number of nitrogens with zero attached hydrogens (tertiary/aromatic N) is 2. The van der Waals surface area contributed by atoms with E-state index < -0.39 is 23.7 Å². The Morgan fingerprint density at radius 1 is 1.02 bits per heavy atom. The van der Waals surface area contributed by atoms with E-state index in [1.165, 1.54) is 5.56 Å². The number of hydrogen-bond acceptors (Lipinski definition) is 4. The highest BCUT2D eigenvalue weighted by Crippen LogP contribution is 2.32. The minimum atomic E-state index is -1.21. The van der Waals surface area contributed by atoms with Crippen molar-refractivity contribution in [2.75, 3.05) is 6.54 Å². The third-order valence-corrected chi connectivity index (χ3v) is 7.58. The minimum absolute atomic E-state index is 0.0359. The molecule has 0 radical (unpaired) electrons. The van der Waals surface area contributed by atoms with E-state index in [1.807, 2.05) is 60.8 Å². The van der Waals surface area contributed by atoms with Gasteiger partial charge in [-0.25, -0.2) is 9.78 Å². The average Bonchev–Trinajstić information content (AvgIpc) is 3.59. The second-order valence-corrected chi connectivity index (χ2v) is 10.4. The van der Waals surface area contributed by atoms with E-state index in [-0.39, 0.29) is 34.6 Å². The van der Waals surface area contributed by atoms with Gasteiger partial charge in [-0.1, -0.05) is 77.8 Å². The average molecular weight is 577 g/mol. The van der Waals surface area contributed by atoms with Gasteiger partial charge >= 0.3 is 12.0 Å². The predicted molar refractivity (Wildman–Crippen MR) is 153 cm³/mol. The van der Waals surface area contributed by atoms with Gasteiger partial charge in [-0.15, -0.1) is 0 Å². The number of aryl methyl sites for hydroxylation is 1. The lowest BCUT2D eigenvalue weighted by Gasteiger charge is -2.17. The van der Waals surface area contributed by atoms with Crippen molar-refractivity contribution in [3.8, 4) is 16.9 Å². The Balaban J connectivity index is 1.23. The first-order valence-corrected chi connectivity index (χ1v) is 13.5. The van der Waals surface area contributed by atoms with Crippen LogP contribution in [-0.2, 0) is 11.2 Å². The van der Waals surface area contributed by atoms with Crippen LogP contribution in [0.4, 0.5) is 4.79 Å². The molecule has 1 heterocycles. The summed E-state index contributed by atoms with van der Waals surface area (Å²) in [5.41, 5.74) is 4.58. The van der Waals surface area contributed by atoms with E-state index >= 15 is 0 Å². The zero-order valence-corrected chi connectivity index (χ0v) is 22.8. The van der Waals surface area contributed by atoms with Gasteiger partial charge in [0.15, 0.2) is 5.78 Å². The Morgan fingerprint density at radius 3 is 2.45 bits per heavy atom. The number of amides is 2. The van der Waals surface area contributed by atoms with Crippen LogP contribution < -0.4 is 10.6 Å². The van der Waals surface area contributed by atoms with Gasteiger partial charge in [-0.05, 0) is 36.1 Å². The maximum atomic E-state index is 13.1. The fraction of sp³-hybridized carbons (Fsp3) is 0.200. The molecule has 0 fully saturated rings. The number of aromatic nitrogens is 2. The molecule has 3 N–H and O–H groups in total. The molecule has 1 aliphatic rings. The molecule has 0 saturated carbocycles. The number of carboxylic acids is 1. The number of rotatable bonds is 9. The summed E-state index contributed by atoms with van der Waals surface area (Å²) < 4.78 is 1.74. The largest absolute Gasteiger partial charge is 0.481 e. The van der Waals surface area contributed by atoms with Gasteiger partial charge in [0.2, 0.25) is 0 Å². The lowest BCUT2D eigenvalue weighted by molar-refractivity contribution is -0.141. The van der Waals surface area contributed by atoms with Crippen molar-refractivity contribution in [1.29, 1.82) is 0 Å². The molecule has 5 rings (SSSR count). The van der Waals surface area contributed by atoms with Gasteiger partial charge in [0.05, 0.1) is 39.6 Å². The van der Waals surface area contributed by atoms with Crippen LogP contribution in [0.2, 0.25) is 10.0 Å². The van der Waals surface area contributed by atoms with E-state index in [4.69, 9.17) is 23.2 Å². The maximum absolute atomic E-state index is 13.1. The predicted octanol–water partition coefficient (Wildman–Crippen LogP) is 6.11. The molecule has 204 valence electrons. The molecule has 0 saturated heterocycles. The van der Waals surface area contributed by atoms with Gasteiger partial charge < -0.3 is 20.3 Å². The first-order chi connectivity index (χ1) is 19.3. The molecule has 2 atom stereocenters. The van der Waals surface area contributed by atoms with Crippen LogP contribution in [0.3, 0.4) is 0 Å². The van der Waals surface area contributed by atoms with E-state index in [0.717, 1.165) is 29.7 Å². The molecular formula is C30H26Cl2N4O4. The molecule has 8 nitrogen and oxygen atoms in total. The number of carbonyl (C=O) groups excluding carboxylic acids is 2. The number of aliphatic carboxylic acids is 1. The molecule has 0 bridgehead atoms. The van der Waals surface area contributed by atoms with Gasteiger partial charge in [-0.2, -0.15) is 0 Å². The molecule has 2 amide bonds. The topological polar surface area (TPSA) is 113 Å². The van der Waals surface area contributed by atoms with Crippen LogP contribution in [-0.4, -0.2) is 39.0 Å². The van der Waals surface area contributed by atoms with Crippen molar-refractivity contribution in [2.45, 2.75) is 25.3 Å². The zero-order valence-electron chi connectivity index (χ0n) is 21.3. The molecule has 3 aromatic carbocycles. The zero-order chi connectivity index (χ0) is 28.2. The van der Waals surface area contributed by atoms with Crippen molar-refractivity contribution < 1.29 is 19.5 Å². The molecule has 0 aliphatic heterocycles. The number of urea groups is 1. The molecule has 0 unspecified atom stereocenters. The number of Topliss-reactive ketones (excluding diaryl/α,β-unsaturated/α-hetero) is 1. The van der Waals surface area contributed by atoms with Gasteiger partial charge in [0, 0.05) is 30.4 Å². The highest BCUT2D eigenvalue weighted by atomic mass is 35.5. The summed E-state index contributed by atoms with van der Waals surface area (Å²) in [6.45, 7) is -0.230. The number of imidazole rings is 1. The van der Waals surface area contributed by atoms with Crippen LogP contribution >= 0.6 is 23.2 Å². The van der Waals surface area contributed by atoms with Crippen molar-refractivity contribution in [1.82, 2.24) is 20.2 Å². The van der Waals surface area contributed by atoms with Gasteiger partial charge in [-0.3, -0.25) is 9.59 Å². The highest BCUT2D eigenvalue weighted by molar-refractivity contribution is 6.40. The second-order valence-electron chi connectivity index (χ2n) is 9.62. The summed E-state index contributed by atoms with van der Waals surface area (Å²) in [4.78, 5) is 42.0. The molecule has 10 heteroatoms. The second kappa shape index (κ2) is 11.9. The molecule has 0 spiro atoms. The molecule has 4 aromatic rings. The Hall–Kier alpha value is -4.14. The highest BCUT2D eigenvalue weighted by Gasteiger charge is 2.27. The van der Waals surface area contributed by atoms with Crippen LogP contribution in [0.25, 0.3) is 16.9 Å². The number of carbonyl (C=O) groups is 3. The van der Waals surface area contributed by atoms with Gasteiger partial charge in [0.25, 0.3) is 0 Å². The quantitative estimate of drug-likeness (QED) is 0.208. The Bertz CT molecular complexity index is 1550. The lowest BCUT2D eigenvalue weighted by atomic mass is 9.97. The maximum Gasteiger partial charge on any atom is 0.315 e. The van der Waals surface area contributed by atoms with Crippen LogP contribution in [0.5, 0.6) is 0 Å². The number of fused-ring (bicyclic) bond motifs is 1. The Morgan fingerprint density at radius 2 is 1.73 bits per heavy atom. The number of ketones is 1. The Kier molecular flexibility index (Phi) is 8.19. The molecule has 1 aliphatic carbocycles. The summed E-state index contributed by atoms with van der Waals surface area (Å²) in [5.74, 6) is -2.91. The monoisotopic (exact) mass is 576 g/mol. The summed E-state index contributed by atoms with van der Waals surface area (Å²) in [7, 11) is 0. The summed E-state index contributed by atoms with van der Waals surface area (Å²) in [6, 6.07) is 20.1. The fourth-order valence-electron chi connectivity index (χ4n) is 4.90. The Labute approximate surface area is 241 Å². The third-order valence-electron chi connectivity index (χ3n) is 6.98. The SMILES string of the molecule is O=C(NC[C@H](CC(=O)c1c(Cl)cc(-n2cnc(-c3ccccc3)c2)cc1Cl)C(=O)O)N[C@@H]1CCc2ccccc21. The van der Waals surface area contributed by atoms with E-state index in [1.54, 1.807) is 23.0 Å². The van der Waals surface area contributed by atoms with Crippen molar-refractivity contribution >= 4 is 41.0 Å². The fourth-order valence-corrected chi connectivity index (χ4v) is 5.59. The number of halogens is 2. The number of hydrogen-bond donors (Lipinski definition) is 3. The molecule has 1 aromatic heterocycles. The third kappa shape index (κ3) is 6.03. The minimum Gasteiger partial charge on any atom is -0.481 e. The number of nitrogens with one attached hydrogen (secondary N) is 2. The van der Waals surface area contributed by atoms with Crippen molar-refractivity contribution in [3.05, 3.63) is 106 Å². The van der Waals surface area contributed by atoms with Crippen LogP contribution in [0.15, 0.2) is 79.3 Å². The summed E-state index contributed by atoms with van der Waals surface area (Å²) in [6.07, 6.45) is 4.69. The first-order valence-electron chi connectivity index (χ1n) is 12.8. The number of benzene rings is 3. The normalized spacial score (nSPS) is 14.8. The van der Waals surface area contributed by atoms with E-state index in [2.05, 4.69) is 15.6 Å².